The van der Waals surface area contributed by atoms with E-state index in [1.54, 1.807) is 23.9 Å². The fourth-order valence-corrected chi connectivity index (χ4v) is 4.12. The number of aromatic nitrogens is 2. The van der Waals surface area contributed by atoms with Crippen LogP contribution in [0.1, 0.15) is 43.3 Å². The standard InChI is InChI=1S/C27H30N4O3/c1-19(33)27-30-14-15-31(27)24(18-32)9-4-20-2-5-21(6-3-20)22-7-10-25(11-8-22)34-26-16-23(17-26)29-13-12-28/h2-11,14-15,19,23-24,26,29,32-33H,13,16-18H2,1H3/b9-4+/t19-,23-,24-,26-/m0/s1. The van der Waals surface area contributed by atoms with Gasteiger partial charge in [0.2, 0.25) is 0 Å². The number of hydrogen-bond donors (Lipinski definition) is 3. The van der Waals surface area contributed by atoms with Crippen LogP contribution in [0.15, 0.2) is 67.0 Å². The summed E-state index contributed by atoms with van der Waals surface area (Å²) in [6.07, 6.45) is 8.62. The molecule has 176 valence electrons. The molecule has 1 fully saturated rings. The van der Waals surface area contributed by atoms with Crippen LogP contribution in [0.2, 0.25) is 0 Å². The van der Waals surface area contributed by atoms with Crippen molar-refractivity contribution in [2.75, 3.05) is 13.2 Å². The summed E-state index contributed by atoms with van der Waals surface area (Å²) in [4.78, 5) is 4.17. The predicted octanol–water partition coefficient (Wildman–Crippen LogP) is 3.87. The average Bonchev–Trinajstić information content (AvgIpc) is 3.32. The van der Waals surface area contributed by atoms with E-state index in [0.29, 0.717) is 18.4 Å². The highest BCUT2D eigenvalue weighted by Gasteiger charge is 2.30. The van der Waals surface area contributed by atoms with Crippen LogP contribution in [0, 0.1) is 11.3 Å². The van der Waals surface area contributed by atoms with E-state index in [1.807, 2.05) is 36.4 Å². The number of hydrogen-bond acceptors (Lipinski definition) is 6. The van der Waals surface area contributed by atoms with E-state index in [2.05, 4.69) is 40.6 Å². The highest BCUT2D eigenvalue weighted by molar-refractivity contribution is 5.66. The van der Waals surface area contributed by atoms with Crippen molar-refractivity contribution in [1.29, 1.82) is 5.26 Å². The molecule has 0 aliphatic heterocycles. The molecule has 2 aromatic carbocycles. The van der Waals surface area contributed by atoms with E-state index in [9.17, 15) is 10.2 Å². The van der Waals surface area contributed by atoms with Gasteiger partial charge in [0.15, 0.2) is 0 Å². The van der Waals surface area contributed by atoms with Crippen molar-refractivity contribution in [2.24, 2.45) is 0 Å². The maximum Gasteiger partial charge on any atom is 0.137 e. The van der Waals surface area contributed by atoms with Gasteiger partial charge >= 0.3 is 0 Å². The largest absolute Gasteiger partial charge is 0.490 e. The van der Waals surface area contributed by atoms with E-state index in [-0.39, 0.29) is 18.8 Å². The maximum absolute atomic E-state index is 9.87. The first-order chi connectivity index (χ1) is 16.6. The minimum atomic E-state index is -0.703. The van der Waals surface area contributed by atoms with Crippen LogP contribution in [0.5, 0.6) is 5.75 Å². The van der Waals surface area contributed by atoms with Crippen LogP contribution in [-0.2, 0) is 0 Å². The van der Waals surface area contributed by atoms with Gasteiger partial charge in [-0.05, 0) is 48.6 Å². The van der Waals surface area contributed by atoms with Crippen LogP contribution in [0.4, 0.5) is 0 Å². The molecule has 0 bridgehead atoms. The maximum atomic E-state index is 9.87. The van der Waals surface area contributed by atoms with Crippen LogP contribution >= 0.6 is 0 Å². The molecule has 3 N–H and O–H groups in total. The average molecular weight is 459 g/mol. The fraction of sp³-hybridized carbons (Fsp3) is 0.333. The molecule has 4 rings (SSSR count). The Morgan fingerprint density at radius 2 is 1.85 bits per heavy atom. The summed E-state index contributed by atoms with van der Waals surface area (Å²) >= 11 is 0. The summed E-state index contributed by atoms with van der Waals surface area (Å²) in [5.74, 6) is 1.39. The molecule has 0 unspecified atom stereocenters. The molecule has 34 heavy (non-hydrogen) atoms. The number of nitrogens with one attached hydrogen (secondary N) is 1. The van der Waals surface area contributed by atoms with E-state index in [1.165, 1.54) is 0 Å². The zero-order valence-electron chi connectivity index (χ0n) is 19.2. The Hall–Kier alpha value is -3.44. The first-order valence-corrected chi connectivity index (χ1v) is 11.5. The van der Waals surface area contributed by atoms with Crippen LogP contribution < -0.4 is 10.1 Å². The smallest absolute Gasteiger partial charge is 0.137 e. The summed E-state index contributed by atoms with van der Waals surface area (Å²) in [5.41, 5.74) is 3.24. The van der Waals surface area contributed by atoms with Gasteiger partial charge in [-0.15, -0.1) is 0 Å². The molecular formula is C27H30N4O3. The summed E-state index contributed by atoms with van der Waals surface area (Å²) in [6, 6.07) is 18.5. The summed E-state index contributed by atoms with van der Waals surface area (Å²) in [5, 5.41) is 31.5. The highest BCUT2D eigenvalue weighted by Crippen LogP contribution is 2.28. The number of rotatable bonds is 10. The lowest BCUT2D eigenvalue weighted by atomic mass is 9.89. The van der Waals surface area contributed by atoms with Gasteiger partial charge in [-0.25, -0.2) is 4.98 Å². The molecule has 0 radical (unpaired) electrons. The Morgan fingerprint density at radius 3 is 2.47 bits per heavy atom. The molecule has 1 heterocycles. The summed E-state index contributed by atoms with van der Waals surface area (Å²) < 4.78 is 7.80. The molecule has 7 nitrogen and oxygen atoms in total. The van der Waals surface area contributed by atoms with Gasteiger partial charge < -0.3 is 24.8 Å². The monoisotopic (exact) mass is 458 g/mol. The fourth-order valence-electron chi connectivity index (χ4n) is 4.12. The Kier molecular flexibility index (Phi) is 7.76. The predicted molar refractivity (Wildman–Crippen MR) is 131 cm³/mol. The minimum absolute atomic E-state index is 0.0863. The number of nitrogens with zero attached hydrogens (tertiary/aromatic N) is 3. The second-order valence-corrected chi connectivity index (χ2v) is 8.57. The van der Waals surface area contributed by atoms with Gasteiger partial charge in [0.1, 0.15) is 23.8 Å². The lowest BCUT2D eigenvalue weighted by Crippen LogP contribution is -2.46. The number of imidazole rings is 1. The molecule has 1 aliphatic rings. The quantitative estimate of drug-likeness (QED) is 0.399. The molecule has 0 amide bonds. The summed E-state index contributed by atoms with van der Waals surface area (Å²) in [7, 11) is 0. The van der Waals surface area contributed by atoms with Crippen molar-refractivity contribution < 1.29 is 14.9 Å². The third-order valence-electron chi connectivity index (χ3n) is 6.09. The topological polar surface area (TPSA) is 103 Å². The highest BCUT2D eigenvalue weighted by atomic mass is 16.5. The van der Waals surface area contributed by atoms with Crippen molar-refractivity contribution in [1.82, 2.24) is 14.9 Å². The number of nitriles is 1. The second-order valence-electron chi connectivity index (χ2n) is 8.57. The van der Waals surface area contributed by atoms with Crippen molar-refractivity contribution in [3.8, 4) is 22.9 Å². The van der Waals surface area contributed by atoms with Crippen molar-refractivity contribution >= 4 is 6.08 Å². The van der Waals surface area contributed by atoms with Gasteiger partial charge in [-0.2, -0.15) is 5.26 Å². The van der Waals surface area contributed by atoms with E-state index < -0.39 is 6.10 Å². The van der Waals surface area contributed by atoms with Gasteiger partial charge in [-0.1, -0.05) is 48.6 Å². The molecule has 1 aliphatic carbocycles. The van der Waals surface area contributed by atoms with Crippen molar-refractivity contribution in [3.63, 3.8) is 0 Å². The second kappa shape index (κ2) is 11.1. The van der Waals surface area contributed by atoms with Crippen molar-refractivity contribution in [2.45, 2.75) is 44.1 Å². The van der Waals surface area contributed by atoms with Gasteiger partial charge in [0, 0.05) is 18.4 Å². The van der Waals surface area contributed by atoms with Crippen LogP contribution in [0.3, 0.4) is 0 Å². The van der Waals surface area contributed by atoms with Gasteiger partial charge in [-0.3, -0.25) is 0 Å². The zero-order valence-corrected chi connectivity index (χ0v) is 19.2. The molecule has 1 saturated carbocycles. The van der Waals surface area contributed by atoms with Gasteiger partial charge in [0.05, 0.1) is 25.3 Å². The Morgan fingerprint density at radius 1 is 1.18 bits per heavy atom. The number of aliphatic hydroxyl groups excluding tert-OH is 2. The lowest BCUT2D eigenvalue weighted by Gasteiger charge is -2.35. The Balaban J connectivity index is 1.34. The molecule has 7 heteroatoms. The third kappa shape index (κ3) is 5.72. The Labute approximate surface area is 200 Å². The SMILES string of the molecule is C[C@H](O)c1nccn1[C@@H](/C=C/c1ccc(-c2ccc(O[C@H]3C[C@H](NCC#N)C3)cc2)cc1)CO. The summed E-state index contributed by atoms with van der Waals surface area (Å²) in [6.45, 7) is 1.96. The molecular weight excluding hydrogens is 428 g/mol. The molecule has 1 aromatic heterocycles. The minimum Gasteiger partial charge on any atom is -0.490 e. The van der Waals surface area contributed by atoms with E-state index in [4.69, 9.17) is 10.00 Å². The van der Waals surface area contributed by atoms with Crippen molar-refractivity contribution in [3.05, 3.63) is 78.4 Å². The van der Waals surface area contributed by atoms with Gasteiger partial charge in [0.25, 0.3) is 0 Å². The number of benzene rings is 2. The lowest BCUT2D eigenvalue weighted by molar-refractivity contribution is 0.0869. The Bertz CT molecular complexity index is 1120. The van der Waals surface area contributed by atoms with E-state index >= 15 is 0 Å². The molecule has 0 spiro atoms. The molecule has 3 aromatic rings. The van der Waals surface area contributed by atoms with Crippen LogP contribution in [0.25, 0.3) is 17.2 Å². The molecule has 2 atom stereocenters. The van der Waals surface area contributed by atoms with Crippen LogP contribution in [-0.4, -0.2) is 45.1 Å². The normalized spacial score (nSPS) is 19.4. The first kappa shape index (κ1) is 23.7. The third-order valence-corrected chi connectivity index (χ3v) is 6.09. The van der Waals surface area contributed by atoms with E-state index in [0.717, 1.165) is 35.3 Å². The number of ether oxygens (including phenoxy) is 1. The first-order valence-electron chi connectivity index (χ1n) is 11.5. The molecule has 0 saturated heterocycles. The zero-order chi connectivity index (χ0) is 23.9. The number of aliphatic hydroxyl groups is 2.